The average Bonchev–Trinajstić information content (AvgIpc) is 1.95. The monoisotopic (exact) mass is 360 g/mol. The summed E-state index contributed by atoms with van der Waals surface area (Å²) in [6.45, 7) is 0. The molecular formula is C14H32O4Ti2. The molecule has 0 bridgehead atoms. The molecule has 0 aliphatic rings. The first kappa shape index (κ1) is 59.1. The second kappa shape index (κ2) is 42.7. The molecule has 0 fully saturated rings. The zero-order chi connectivity index (χ0) is 9.40. The van der Waals surface area contributed by atoms with Crippen molar-refractivity contribution in [1.82, 2.24) is 0 Å². The summed E-state index contributed by atoms with van der Waals surface area (Å²) in [6.07, 6.45) is 3.28. The molecule has 2 N–H and O–H groups in total. The molecule has 0 saturated heterocycles. The molecule has 0 aliphatic carbocycles. The first-order valence-corrected chi connectivity index (χ1v) is 4.06. The van der Waals surface area contributed by atoms with E-state index in [4.69, 9.17) is 10.2 Å². The van der Waals surface area contributed by atoms with Crippen LogP contribution in [0.1, 0.15) is 38.5 Å². The Kier molecular flexibility index (Phi) is 126. The molecule has 0 aromatic heterocycles. The van der Waals surface area contributed by atoms with E-state index >= 15 is 0 Å². The predicted octanol–water partition coefficient (Wildman–Crippen LogP) is 4.19. The van der Waals surface area contributed by atoms with Gasteiger partial charge in [-0.3, -0.25) is 9.59 Å². The van der Waals surface area contributed by atoms with Crippen molar-refractivity contribution in [3.05, 3.63) is 44.6 Å². The fourth-order valence-electron chi connectivity index (χ4n) is 0.906. The second-order valence-electron chi connectivity index (χ2n) is 2.70. The van der Waals surface area contributed by atoms with Crippen LogP contribution in [0.25, 0.3) is 0 Å². The molecule has 0 aromatic carbocycles. The van der Waals surface area contributed by atoms with E-state index in [9.17, 15) is 9.59 Å². The van der Waals surface area contributed by atoms with Gasteiger partial charge in [-0.2, -0.15) is 0 Å². The van der Waals surface area contributed by atoms with E-state index < -0.39 is 11.9 Å². The van der Waals surface area contributed by atoms with Crippen LogP contribution in [0.5, 0.6) is 0 Å². The number of rotatable bonds is 7. The van der Waals surface area contributed by atoms with Crippen molar-refractivity contribution in [3.63, 3.8) is 0 Å². The molecule has 6 heteroatoms. The van der Waals surface area contributed by atoms with E-state index in [1.54, 1.807) is 0 Å². The van der Waals surface area contributed by atoms with Gasteiger partial charge in [-0.25, -0.2) is 0 Å². The van der Waals surface area contributed by atoms with Crippen molar-refractivity contribution in [2.75, 3.05) is 0 Å². The minimum absolute atomic E-state index is 0. The number of carboxylic acids is 2. The molecule has 0 aliphatic heterocycles. The summed E-state index contributed by atoms with van der Waals surface area (Å²) >= 11 is 0. The Morgan fingerprint density at radius 1 is 0.550 bits per heavy atom. The summed E-state index contributed by atoms with van der Waals surface area (Å²) < 4.78 is 0. The third-order valence-electron chi connectivity index (χ3n) is 1.53. The summed E-state index contributed by atoms with van der Waals surface area (Å²) in [5, 5.41) is 16.5. The van der Waals surface area contributed by atoms with E-state index in [-0.39, 0.29) is 101 Å². The van der Waals surface area contributed by atoms with Crippen LogP contribution in [0.2, 0.25) is 0 Å². The van der Waals surface area contributed by atoms with Crippen LogP contribution in [0.15, 0.2) is 0 Å². The van der Waals surface area contributed by atoms with E-state index in [2.05, 4.69) is 0 Å². The van der Waals surface area contributed by atoms with Gasteiger partial charge in [0.25, 0.3) is 0 Å². The van der Waals surface area contributed by atoms with Crippen molar-refractivity contribution in [2.24, 2.45) is 0 Å². The first-order valence-electron chi connectivity index (χ1n) is 4.06. The Morgan fingerprint density at radius 2 is 0.750 bits per heavy atom. The maximum Gasteiger partial charge on any atom is 3.00 e. The molecular weight excluding hydrogens is 328 g/mol. The number of aliphatic carboxylic acids is 2. The molecule has 120 valence electrons. The van der Waals surface area contributed by atoms with Gasteiger partial charge < -0.3 is 54.8 Å². The molecule has 20 heavy (non-hydrogen) atoms. The average molecular weight is 360 g/mol. The van der Waals surface area contributed by atoms with E-state index in [0.717, 1.165) is 12.8 Å². The van der Waals surface area contributed by atoms with Gasteiger partial charge in [0.1, 0.15) is 0 Å². The van der Waals surface area contributed by atoms with Crippen LogP contribution >= 0.6 is 0 Å². The molecule has 0 amide bonds. The molecule has 0 unspecified atom stereocenters. The van der Waals surface area contributed by atoms with E-state index in [1.165, 1.54) is 0 Å². The van der Waals surface area contributed by atoms with Crippen LogP contribution < -0.4 is 0 Å². The number of hydrogen-bond donors (Lipinski definition) is 2. The molecule has 2 radical (unpaired) electrons. The SMILES string of the molecule is O=C(O)CCCCCCC(=O)O.[CH3-].[CH3-].[CH3-].[CH3-].[CH3-].[CH3-].[Ti+3].[Ti+3]. The van der Waals surface area contributed by atoms with Crippen LogP contribution in [0.4, 0.5) is 0 Å². The quantitative estimate of drug-likeness (QED) is 0.406. The Bertz CT molecular complexity index is 147. The fraction of sp³-hybridized carbons (Fsp3) is 0.429. The van der Waals surface area contributed by atoms with Gasteiger partial charge in [-0.15, -0.1) is 0 Å². The number of carboxylic acid groups (broad SMARTS) is 2. The van der Waals surface area contributed by atoms with Crippen LogP contribution in [-0.2, 0) is 53.0 Å². The molecule has 0 atom stereocenters. The van der Waals surface area contributed by atoms with Gasteiger partial charge in [0.05, 0.1) is 0 Å². The third kappa shape index (κ3) is 63.1. The number of carbonyl (C=O) groups is 2. The zero-order valence-electron chi connectivity index (χ0n) is 14.0. The van der Waals surface area contributed by atoms with E-state index in [1.807, 2.05) is 0 Å². The van der Waals surface area contributed by atoms with Gasteiger partial charge in [-0.05, 0) is 12.8 Å². The standard InChI is InChI=1S/C8H14O4.6CH3.2Ti/c9-7(10)5-3-1-2-4-6-8(11)12;;;;;;;;/h1-6H2,(H,9,10)(H,11,12);6*1H3;;/q;6*-1;2*+3. The third-order valence-corrected chi connectivity index (χ3v) is 1.53. The van der Waals surface area contributed by atoms with Crippen molar-refractivity contribution in [1.29, 1.82) is 0 Å². The molecule has 0 saturated carbocycles. The van der Waals surface area contributed by atoms with Crippen molar-refractivity contribution < 1.29 is 63.2 Å². The summed E-state index contributed by atoms with van der Waals surface area (Å²) in [4.78, 5) is 20.1. The number of unbranched alkanes of at least 4 members (excludes halogenated alkanes) is 3. The minimum Gasteiger partial charge on any atom is -0.481 e. The summed E-state index contributed by atoms with van der Waals surface area (Å²) in [6, 6.07) is 0. The fourth-order valence-corrected chi connectivity index (χ4v) is 0.906. The normalized spacial score (nSPS) is 5.80. The topological polar surface area (TPSA) is 74.6 Å². The van der Waals surface area contributed by atoms with E-state index in [0.29, 0.717) is 12.8 Å². The molecule has 0 spiro atoms. The van der Waals surface area contributed by atoms with Crippen LogP contribution in [0.3, 0.4) is 0 Å². The molecule has 0 rings (SSSR count). The Balaban J connectivity index is -0.0000000216. The number of hydrogen-bond acceptors (Lipinski definition) is 2. The molecule has 0 heterocycles. The maximum atomic E-state index is 10.0. The maximum absolute atomic E-state index is 10.0. The Labute approximate surface area is 157 Å². The van der Waals surface area contributed by atoms with Gasteiger partial charge in [-0.1, -0.05) is 12.8 Å². The first-order chi connectivity index (χ1) is 5.63. The summed E-state index contributed by atoms with van der Waals surface area (Å²) in [5.74, 6) is -1.57. The van der Waals surface area contributed by atoms with Gasteiger partial charge in [0, 0.05) is 12.8 Å². The van der Waals surface area contributed by atoms with Crippen LogP contribution in [0, 0.1) is 44.6 Å². The predicted molar refractivity (Wildman–Crippen MR) is 81.5 cm³/mol. The largest absolute Gasteiger partial charge is 3.00 e. The molecule has 4 nitrogen and oxygen atoms in total. The second-order valence-corrected chi connectivity index (χ2v) is 2.70. The van der Waals surface area contributed by atoms with Gasteiger partial charge in [0.2, 0.25) is 0 Å². The zero-order valence-corrected chi connectivity index (χ0v) is 17.1. The summed E-state index contributed by atoms with van der Waals surface area (Å²) in [5.41, 5.74) is 0. The van der Waals surface area contributed by atoms with Gasteiger partial charge in [0.15, 0.2) is 0 Å². The molecule has 0 aromatic rings. The van der Waals surface area contributed by atoms with Gasteiger partial charge >= 0.3 is 55.4 Å². The van der Waals surface area contributed by atoms with Crippen LogP contribution in [-0.4, -0.2) is 22.2 Å². The summed E-state index contributed by atoms with van der Waals surface area (Å²) in [7, 11) is 0. The minimum atomic E-state index is -0.784. The van der Waals surface area contributed by atoms with Crippen molar-refractivity contribution in [3.8, 4) is 0 Å². The van der Waals surface area contributed by atoms with Crippen molar-refractivity contribution in [2.45, 2.75) is 38.5 Å². The van der Waals surface area contributed by atoms with Crippen molar-refractivity contribution >= 4 is 11.9 Å². The Hall–Kier alpha value is 0.369. The smallest absolute Gasteiger partial charge is 0.481 e. The Morgan fingerprint density at radius 3 is 0.900 bits per heavy atom.